The van der Waals surface area contributed by atoms with Crippen LogP contribution < -0.4 is 9.47 Å². The van der Waals surface area contributed by atoms with Gasteiger partial charge in [-0.3, -0.25) is 0 Å². The summed E-state index contributed by atoms with van der Waals surface area (Å²) in [7, 11) is 3.08. The van der Waals surface area contributed by atoms with Crippen LogP contribution >= 0.6 is 0 Å². The quantitative estimate of drug-likeness (QED) is 0.666. The Morgan fingerprint density at radius 1 is 1.45 bits per heavy atom. The van der Waals surface area contributed by atoms with Gasteiger partial charge in [-0.05, 0) is 6.08 Å². The lowest BCUT2D eigenvalue weighted by molar-refractivity contribution is 0.278. The highest BCUT2D eigenvalue weighted by Gasteiger charge is 2.08. The van der Waals surface area contributed by atoms with Gasteiger partial charge in [0, 0.05) is 6.07 Å². The largest absolute Gasteiger partial charge is 0.490 e. The van der Waals surface area contributed by atoms with Crippen molar-refractivity contribution in [1.29, 1.82) is 0 Å². The molecule has 1 rings (SSSR count). The number of rotatable bonds is 3. The van der Waals surface area contributed by atoms with Crippen LogP contribution in [-0.4, -0.2) is 14.2 Å². The summed E-state index contributed by atoms with van der Waals surface area (Å²) in [5.41, 5.74) is 0. The first-order valence-electron chi connectivity index (χ1n) is 3.16. The molecule has 0 fully saturated rings. The smallest absolute Gasteiger partial charge is 0.328 e. The molecule has 0 aromatic carbocycles. The molecule has 0 N–H and O–H groups in total. The minimum Gasteiger partial charge on any atom is -0.490 e. The molecule has 0 aliphatic carbocycles. The van der Waals surface area contributed by atoms with Gasteiger partial charge in [-0.2, -0.15) is 0 Å². The highest BCUT2D eigenvalue weighted by atomic mass is 16.6. The van der Waals surface area contributed by atoms with Crippen molar-refractivity contribution in [3.8, 4) is 11.7 Å². The molecule has 3 heteroatoms. The lowest BCUT2D eigenvalue weighted by Crippen LogP contribution is -1.84. The van der Waals surface area contributed by atoms with E-state index in [1.807, 2.05) is 0 Å². The number of ether oxygens (including phenoxy) is 2. The Hall–Kier alpha value is -1.38. The van der Waals surface area contributed by atoms with Crippen molar-refractivity contribution in [2.24, 2.45) is 0 Å². The fourth-order valence-electron chi connectivity index (χ4n) is 0.760. The summed E-state index contributed by atoms with van der Waals surface area (Å²) in [5.74, 6) is 1.60. The van der Waals surface area contributed by atoms with Crippen molar-refractivity contribution in [1.82, 2.24) is 0 Å². The molecule has 0 spiro atoms. The molecule has 1 aromatic rings. The maximum Gasteiger partial charge on any atom is 0.328 e. The van der Waals surface area contributed by atoms with E-state index in [-0.39, 0.29) is 0 Å². The van der Waals surface area contributed by atoms with Crippen LogP contribution in [0.25, 0.3) is 6.08 Å². The summed E-state index contributed by atoms with van der Waals surface area (Å²) in [6, 6.07) is 1.71. The van der Waals surface area contributed by atoms with E-state index in [0.717, 1.165) is 0 Å². The highest BCUT2D eigenvalue weighted by Crippen LogP contribution is 2.30. The maximum absolute atomic E-state index is 5.14. The SMILES string of the molecule is C=Cc1cc(OC)c(OC)o1. The van der Waals surface area contributed by atoms with Crippen LogP contribution in [0.2, 0.25) is 0 Å². The number of hydrogen-bond donors (Lipinski definition) is 0. The van der Waals surface area contributed by atoms with Crippen molar-refractivity contribution in [3.63, 3.8) is 0 Å². The zero-order valence-electron chi connectivity index (χ0n) is 6.59. The molecule has 0 saturated carbocycles. The third kappa shape index (κ3) is 1.37. The molecule has 3 nitrogen and oxygen atoms in total. The predicted molar refractivity (Wildman–Crippen MR) is 41.9 cm³/mol. The number of hydrogen-bond acceptors (Lipinski definition) is 3. The van der Waals surface area contributed by atoms with E-state index < -0.39 is 0 Å². The zero-order chi connectivity index (χ0) is 8.27. The molecule has 11 heavy (non-hydrogen) atoms. The summed E-state index contributed by atoms with van der Waals surface area (Å²) in [4.78, 5) is 0. The first kappa shape index (κ1) is 7.72. The molecular weight excluding hydrogens is 144 g/mol. The number of furan rings is 1. The second kappa shape index (κ2) is 3.14. The molecule has 0 aliphatic rings. The fraction of sp³-hybridized carbons (Fsp3) is 0.250. The average molecular weight is 154 g/mol. The molecule has 60 valence electrons. The summed E-state index contributed by atoms with van der Waals surface area (Å²) < 4.78 is 15.0. The molecule has 0 atom stereocenters. The van der Waals surface area contributed by atoms with E-state index in [1.165, 1.54) is 7.11 Å². The van der Waals surface area contributed by atoms with Gasteiger partial charge in [0.15, 0.2) is 0 Å². The van der Waals surface area contributed by atoms with Gasteiger partial charge in [0.25, 0.3) is 0 Å². The van der Waals surface area contributed by atoms with E-state index >= 15 is 0 Å². The third-order valence-corrected chi connectivity index (χ3v) is 1.29. The highest BCUT2D eigenvalue weighted by molar-refractivity contribution is 5.47. The van der Waals surface area contributed by atoms with Gasteiger partial charge in [0.1, 0.15) is 5.76 Å². The Morgan fingerprint density at radius 2 is 2.18 bits per heavy atom. The van der Waals surface area contributed by atoms with Crippen molar-refractivity contribution in [2.75, 3.05) is 14.2 Å². The molecule has 0 aliphatic heterocycles. The second-order valence-electron chi connectivity index (χ2n) is 1.91. The van der Waals surface area contributed by atoms with Crippen LogP contribution in [0.3, 0.4) is 0 Å². The third-order valence-electron chi connectivity index (χ3n) is 1.29. The monoisotopic (exact) mass is 154 g/mol. The topological polar surface area (TPSA) is 31.6 Å². The average Bonchev–Trinajstić information content (AvgIpc) is 2.46. The van der Waals surface area contributed by atoms with E-state index in [1.54, 1.807) is 19.3 Å². The zero-order valence-corrected chi connectivity index (χ0v) is 6.59. The van der Waals surface area contributed by atoms with Crippen molar-refractivity contribution in [3.05, 3.63) is 18.4 Å². The van der Waals surface area contributed by atoms with Crippen LogP contribution in [0.5, 0.6) is 11.7 Å². The van der Waals surface area contributed by atoms with Crippen molar-refractivity contribution >= 4 is 6.08 Å². The minimum absolute atomic E-state index is 0.377. The molecular formula is C8H10O3. The standard InChI is InChI=1S/C8H10O3/c1-4-6-5-7(9-2)8(10-3)11-6/h4-5H,1H2,2-3H3. The Morgan fingerprint density at radius 3 is 2.55 bits per heavy atom. The Labute approximate surface area is 65.2 Å². The summed E-state index contributed by atoms with van der Waals surface area (Å²) in [5, 5.41) is 0. The van der Waals surface area contributed by atoms with E-state index in [9.17, 15) is 0 Å². The molecule has 1 aromatic heterocycles. The fourth-order valence-corrected chi connectivity index (χ4v) is 0.760. The predicted octanol–water partition coefficient (Wildman–Crippen LogP) is 1.94. The van der Waals surface area contributed by atoms with Gasteiger partial charge in [0.05, 0.1) is 14.2 Å². The molecule has 0 bridgehead atoms. The van der Waals surface area contributed by atoms with Gasteiger partial charge < -0.3 is 13.9 Å². The van der Waals surface area contributed by atoms with E-state index in [4.69, 9.17) is 13.9 Å². The first-order chi connectivity index (χ1) is 5.31. The van der Waals surface area contributed by atoms with Gasteiger partial charge in [-0.25, -0.2) is 0 Å². The summed E-state index contributed by atoms with van der Waals surface area (Å²) in [6.07, 6.45) is 1.59. The van der Waals surface area contributed by atoms with Crippen LogP contribution in [0, 0.1) is 0 Å². The van der Waals surface area contributed by atoms with Crippen molar-refractivity contribution < 1.29 is 13.9 Å². The molecule has 0 unspecified atom stereocenters. The lowest BCUT2D eigenvalue weighted by Gasteiger charge is -1.96. The summed E-state index contributed by atoms with van der Waals surface area (Å²) >= 11 is 0. The van der Waals surface area contributed by atoms with Crippen LogP contribution in [0.1, 0.15) is 5.76 Å². The van der Waals surface area contributed by atoms with Crippen LogP contribution in [-0.2, 0) is 0 Å². The van der Waals surface area contributed by atoms with Crippen molar-refractivity contribution in [2.45, 2.75) is 0 Å². The Kier molecular flexibility index (Phi) is 2.21. The van der Waals surface area contributed by atoms with Crippen LogP contribution in [0.4, 0.5) is 0 Å². The second-order valence-corrected chi connectivity index (χ2v) is 1.91. The minimum atomic E-state index is 0.377. The molecule has 0 radical (unpaired) electrons. The number of methoxy groups -OCH3 is 2. The van der Waals surface area contributed by atoms with Gasteiger partial charge >= 0.3 is 5.95 Å². The van der Waals surface area contributed by atoms with E-state index in [2.05, 4.69) is 6.58 Å². The van der Waals surface area contributed by atoms with Gasteiger partial charge in [0.2, 0.25) is 5.75 Å². The molecule has 0 amide bonds. The molecule has 1 heterocycles. The van der Waals surface area contributed by atoms with Crippen LogP contribution in [0.15, 0.2) is 17.1 Å². The maximum atomic E-state index is 5.14. The first-order valence-corrected chi connectivity index (χ1v) is 3.16. The lowest BCUT2D eigenvalue weighted by atomic mass is 10.4. The van der Waals surface area contributed by atoms with Gasteiger partial charge in [-0.15, -0.1) is 0 Å². The Balaban J connectivity index is 3.01. The van der Waals surface area contributed by atoms with E-state index in [0.29, 0.717) is 17.5 Å². The Bertz CT molecular complexity index is 228. The normalized spacial score (nSPS) is 9.27. The van der Waals surface area contributed by atoms with Gasteiger partial charge in [-0.1, -0.05) is 6.58 Å². The summed E-state index contributed by atoms with van der Waals surface area (Å²) in [6.45, 7) is 3.55. The molecule has 0 saturated heterocycles.